The lowest BCUT2D eigenvalue weighted by Gasteiger charge is -2.37. The highest BCUT2D eigenvalue weighted by atomic mass is 79.9. The summed E-state index contributed by atoms with van der Waals surface area (Å²) in [7, 11) is 0. The molecule has 1 fully saturated rings. The molecule has 1 aromatic carbocycles. The Bertz CT molecular complexity index is 372. The molecule has 4 heteroatoms. The molecule has 2 nitrogen and oxygen atoms in total. The molecule has 0 saturated carbocycles. The van der Waals surface area contributed by atoms with Gasteiger partial charge in [0.05, 0.1) is 12.7 Å². The molecule has 2 rings (SSSR count). The third-order valence-corrected chi connectivity index (χ3v) is 4.63. The summed E-state index contributed by atoms with van der Waals surface area (Å²) in [6.07, 6.45) is 0.314. The summed E-state index contributed by atoms with van der Waals surface area (Å²) in [6.45, 7) is 5.02. The lowest BCUT2D eigenvalue weighted by Crippen LogP contribution is -2.48. The number of ether oxygens (including phenoxy) is 1. The molecule has 0 aromatic heterocycles. The molecule has 0 radical (unpaired) electrons. The van der Waals surface area contributed by atoms with E-state index < -0.39 is 0 Å². The van der Waals surface area contributed by atoms with Crippen molar-refractivity contribution in [1.29, 1.82) is 0 Å². The molecule has 94 valence electrons. The van der Waals surface area contributed by atoms with Gasteiger partial charge in [-0.15, -0.1) is 0 Å². The summed E-state index contributed by atoms with van der Waals surface area (Å²) in [5.41, 5.74) is 1.34. The van der Waals surface area contributed by atoms with Gasteiger partial charge in [-0.3, -0.25) is 4.90 Å². The van der Waals surface area contributed by atoms with Gasteiger partial charge in [0.2, 0.25) is 0 Å². The van der Waals surface area contributed by atoms with Crippen LogP contribution < -0.4 is 0 Å². The maximum Gasteiger partial charge on any atom is 0.0799 e. The van der Waals surface area contributed by atoms with Gasteiger partial charge in [0.15, 0.2) is 0 Å². The molecule has 17 heavy (non-hydrogen) atoms. The van der Waals surface area contributed by atoms with Gasteiger partial charge in [0.1, 0.15) is 0 Å². The van der Waals surface area contributed by atoms with Crippen molar-refractivity contribution in [2.45, 2.75) is 25.6 Å². The first kappa shape index (κ1) is 13.5. The minimum absolute atomic E-state index is 0.314. The summed E-state index contributed by atoms with van der Waals surface area (Å²) in [5, 5.41) is 0.909. The zero-order valence-electron chi connectivity index (χ0n) is 9.90. The van der Waals surface area contributed by atoms with Gasteiger partial charge in [0.25, 0.3) is 0 Å². The van der Waals surface area contributed by atoms with Crippen LogP contribution in [0.1, 0.15) is 12.5 Å². The van der Waals surface area contributed by atoms with Crippen LogP contribution in [-0.4, -0.2) is 35.5 Å². The Labute approximate surface area is 120 Å². The van der Waals surface area contributed by atoms with Gasteiger partial charge < -0.3 is 4.74 Å². The van der Waals surface area contributed by atoms with Crippen LogP contribution in [0.2, 0.25) is 0 Å². The predicted molar refractivity (Wildman–Crippen MR) is 77.5 cm³/mol. The second-order valence-electron chi connectivity index (χ2n) is 4.48. The number of rotatable bonds is 3. The van der Waals surface area contributed by atoms with E-state index in [0.717, 1.165) is 25.0 Å². The van der Waals surface area contributed by atoms with E-state index in [0.29, 0.717) is 12.1 Å². The smallest absolute Gasteiger partial charge is 0.0799 e. The SMILES string of the molecule is CC1COC(CBr)CN1Cc1ccccc1Br. The zero-order valence-corrected chi connectivity index (χ0v) is 13.1. The molecule has 0 bridgehead atoms. The third kappa shape index (κ3) is 3.53. The van der Waals surface area contributed by atoms with Crippen molar-refractivity contribution >= 4 is 31.9 Å². The number of benzene rings is 1. The van der Waals surface area contributed by atoms with Gasteiger partial charge in [-0.25, -0.2) is 0 Å². The maximum absolute atomic E-state index is 5.74. The van der Waals surface area contributed by atoms with Crippen LogP contribution in [0.5, 0.6) is 0 Å². The number of hydrogen-bond donors (Lipinski definition) is 0. The van der Waals surface area contributed by atoms with Crippen LogP contribution in [0.3, 0.4) is 0 Å². The van der Waals surface area contributed by atoms with Gasteiger partial charge in [0, 0.05) is 28.9 Å². The fourth-order valence-corrected chi connectivity index (χ4v) is 2.84. The van der Waals surface area contributed by atoms with Crippen LogP contribution in [-0.2, 0) is 11.3 Å². The molecule has 2 atom stereocenters. The fourth-order valence-electron chi connectivity index (χ4n) is 2.03. The third-order valence-electron chi connectivity index (χ3n) is 3.14. The molecule has 1 saturated heterocycles. The number of morpholine rings is 1. The molecule has 2 unspecified atom stereocenters. The van der Waals surface area contributed by atoms with E-state index in [1.165, 1.54) is 10.0 Å². The Morgan fingerprint density at radius 1 is 1.41 bits per heavy atom. The number of halogens is 2. The standard InChI is InChI=1S/C13H17Br2NO/c1-10-9-17-12(6-14)8-16(10)7-11-4-2-3-5-13(11)15/h2-5,10,12H,6-9H2,1H3. The van der Waals surface area contributed by atoms with Crippen LogP contribution >= 0.6 is 31.9 Å². The first-order valence-electron chi connectivity index (χ1n) is 5.85. The van der Waals surface area contributed by atoms with E-state index in [1.807, 2.05) is 0 Å². The average molecular weight is 363 g/mol. The van der Waals surface area contributed by atoms with Crippen molar-refractivity contribution in [2.75, 3.05) is 18.5 Å². The molecule has 1 aromatic rings. The van der Waals surface area contributed by atoms with E-state index in [1.54, 1.807) is 0 Å². The normalized spacial score (nSPS) is 26.1. The molecular weight excluding hydrogens is 346 g/mol. The van der Waals surface area contributed by atoms with E-state index in [4.69, 9.17) is 4.74 Å². The Hall–Kier alpha value is 0.100. The molecule has 0 amide bonds. The number of alkyl halides is 1. The van der Waals surface area contributed by atoms with Crippen LogP contribution in [0.25, 0.3) is 0 Å². The quantitative estimate of drug-likeness (QED) is 0.764. The largest absolute Gasteiger partial charge is 0.374 e. The average Bonchev–Trinajstić information content (AvgIpc) is 2.35. The van der Waals surface area contributed by atoms with Crippen molar-refractivity contribution in [3.05, 3.63) is 34.3 Å². The monoisotopic (exact) mass is 361 g/mol. The molecular formula is C13H17Br2NO. The summed E-state index contributed by atoms with van der Waals surface area (Å²) in [4.78, 5) is 2.48. The van der Waals surface area contributed by atoms with Crippen LogP contribution in [0.15, 0.2) is 28.7 Å². The molecule has 0 aliphatic carbocycles. The van der Waals surface area contributed by atoms with E-state index in [2.05, 4.69) is 67.9 Å². The molecule has 1 heterocycles. The Morgan fingerprint density at radius 3 is 2.88 bits per heavy atom. The Morgan fingerprint density at radius 2 is 2.18 bits per heavy atom. The van der Waals surface area contributed by atoms with Gasteiger partial charge in [-0.1, -0.05) is 50.1 Å². The second kappa shape index (κ2) is 6.32. The molecule has 1 aliphatic rings. The van der Waals surface area contributed by atoms with E-state index in [-0.39, 0.29) is 0 Å². The number of nitrogens with zero attached hydrogens (tertiary/aromatic N) is 1. The minimum Gasteiger partial charge on any atom is -0.374 e. The van der Waals surface area contributed by atoms with Gasteiger partial charge in [-0.2, -0.15) is 0 Å². The van der Waals surface area contributed by atoms with Crippen LogP contribution in [0, 0.1) is 0 Å². The van der Waals surface area contributed by atoms with Crippen LogP contribution in [0.4, 0.5) is 0 Å². The predicted octanol–water partition coefficient (Wildman–Crippen LogP) is 3.43. The summed E-state index contributed by atoms with van der Waals surface area (Å²) < 4.78 is 6.93. The van der Waals surface area contributed by atoms with Gasteiger partial charge in [-0.05, 0) is 18.6 Å². The molecule has 0 spiro atoms. The van der Waals surface area contributed by atoms with Crippen molar-refractivity contribution < 1.29 is 4.74 Å². The lowest BCUT2D eigenvalue weighted by molar-refractivity contribution is -0.0500. The topological polar surface area (TPSA) is 12.5 Å². The van der Waals surface area contributed by atoms with Crippen molar-refractivity contribution in [3.63, 3.8) is 0 Å². The molecule has 1 aliphatic heterocycles. The molecule has 0 N–H and O–H groups in total. The van der Waals surface area contributed by atoms with E-state index >= 15 is 0 Å². The van der Waals surface area contributed by atoms with E-state index in [9.17, 15) is 0 Å². The summed E-state index contributed by atoms with van der Waals surface area (Å²) in [5.74, 6) is 0. The Kier molecular flexibility index (Phi) is 5.03. The number of hydrogen-bond acceptors (Lipinski definition) is 2. The lowest BCUT2D eigenvalue weighted by atomic mass is 10.1. The van der Waals surface area contributed by atoms with Gasteiger partial charge >= 0.3 is 0 Å². The second-order valence-corrected chi connectivity index (χ2v) is 5.98. The minimum atomic E-state index is 0.314. The van der Waals surface area contributed by atoms with Crippen molar-refractivity contribution in [3.8, 4) is 0 Å². The highest BCUT2D eigenvalue weighted by Crippen LogP contribution is 2.21. The first-order valence-corrected chi connectivity index (χ1v) is 7.77. The van der Waals surface area contributed by atoms with Crippen molar-refractivity contribution in [1.82, 2.24) is 4.90 Å². The highest BCUT2D eigenvalue weighted by Gasteiger charge is 2.25. The first-order chi connectivity index (χ1) is 8.20. The Balaban J connectivity index is 2.04. The zero-order chi connectivity index (χ0) is 12.3. The maximum atomic E-state index is 5.74. The fraction of sp³-hybridized carbons (Fsp3) is 0.538. The highest BCUT2D eigenvalue weighted by molar-refractivity contribution is 9.10. The summed E-state index contributed by atoms with van der Waals surface area (Å²) in [6, 6.07) is 8.90. The summed E-state index contributed by atoms with van der Waals surface area (Å²) >= 11 is 7.11. The van der Waals surface area contributed by atoms with Crippen molar-refractivity contribution in [2.24, 2.45) is 0 Å².